The van der Waals surface area contributed by atoms with Gasteiger partial charge in [-0.25, -0.2) is 4.79 Å². The fourth-order valence-electron chi connectivity index (χ4n) is 1.39. The van der Waals surface area contributed by atoms with Gasteiger partial charge in [-0.2, -0.15) is 0 Å². The lowest BCUT2D eigenvalue weighted by Gasteiger charge is -2.05. The van der Waals surface area contributed by atoms with Crippen LogP contribution < -0.4 is 4.74 Å². The minimum absolute atomic E-state index is 0.224. The Bertz CT molecular complexity index is 544. The van der Waals surface area contributed by atoms with E-state index in [0.717, 1.165) is 0 Å². The van der Waals surface area contributed by atoms with Gasteiger partial charge in [-0.15, -0.1) is 0 Å². The second-order valence-electron chi connectivity index (χ2n) is 3.60. The number of ketones is 2. The average molecular weight is 264 g/mol. The number of aliphatic hydroxyl groups is 1. The first-order valence-corrected chi connectivity index (χ1v) is 5.28. The van der Waals surface area contributed by atoms with Gasteiger partial charge >= 0.3 is 5.97 Å². The Balaban J connectivity index is 2.83. The molecule has 0 amide bonds. The maximum Gasteiger partial charge on any atom is 0.371 e. The maximum absolute atomic E-state index is 11.8. The SMILES string of the molecule is COc1ccccc1C(=O)CC(=O)C=C(O)C(=O)O. The van der Waals surface area contributed by atoms with E-state index in [1.54, 1.807) is 18.2 Å². The van der Waals surface area contributed by atoms with E-state index in [9.17, 15) is 14.4 Å². The first-order chi connectivity index (χ1) is 8.95. The quantitative estimate of drug-likeness (QED) is 0.348. The standard InChI is InChI=1S/C13H12O6/c1-19-12-5-3-2-4-9(12)10(15)6-8(14)7-11(16)13(17)18/h2-5,7,16H,6H2,1H3,(H,17,18). The molecule has 2 N–H and O–H groups in total. The molecular weight excluding hydrogens is 252 g/mol. The Hall–Kier alpha value is -2.63. The molecule has 0 aliphatic carbocycles. The molecule has 1 aromatic carbocycles. The second-order valence-corrected chi connectivity index (χ2v) is 3.60. The number of hydrogen-bond acceptors (Lipinski definition) is 5. The number of rotatable bonds is 6. The highest BCUT2D eigenvalue weighted by Crippen LogP contribution is 2.19. The largest absolute Gasteiger partial charge is 0.502 e. The average Bonchev–Trinajstić information content (AvgIpc) is 2.38. The summed E-state index contributed by atoms with van der Waals surface area (Å²) >= 11 is 0. The molecule has 0 saturated heterocycles. The van der Waals surface area contributed by atoms with Crippen LogP contribution in [0, 0.1) is 0 Å². The number of carbonyl (C=O) groups excluding carboxylic acids is 2. The van der Waals surface area contributed by atoms with E-state index < -0.39 is 29.7 Å². The third kappa shape index (κ3) is 3.95. The molecule has 1 rings (SSSR count). The number of methoxy groups -OCH3 is 1. The van der Waals surface area contributed by atoms with E-state index in [0.29, 0.717) is 11.8 Å². The molecule has 100 valence electrons. The van der Waals surface area contributed by atoms with Gasteiger partial charge in [0, 0.05) is 6.08 Å². The lowest BCUT2D eigenvalue weighted by Crippen LogP contribution is -2.10. The van der Waals surface area contributed by atoms with Crippen molar-refractivity contribution in [3.63, 3.8) is 0 Å². The molecule has 0 fully saturated rings. The summed E-state index contributed by atoms with van der Waals surface area (Å²) in [7, 11) is 1.39. The van der Waals surface area contributed by atoms with E-state index >= 15 is 0 Å². The number of carboxylic acids is 1. The van der Waals surface area contributed by atoms with Gasteiger partial charge < -0.3 is 14.9 Å². The molecule has 6 nitrogen and oxygen atoms in total. The number of aliphatic carboxylic acids is 1. The number of para-hydroxylation sites is 1. The van der Waals surface area contributed by atoms with Crippen LogP contribution in [0.1, 0.15) is 16.8 Å². The Morgan fingerprint density at radius 2 is 1.84 bits per heavy atom. The highest BCUT2D eigenvalue weighted by atomic mass is 16.5. The number of aliphatic hydroxyl groups excluding tert-OH is 1. The van der Waals surface area contributed by atoms with Gasteiger partial charge in [-0.1, -0.05) is 12.1 Å². The van der Waals surface area contributed by atoms with Crippen LogP contribution in [0.5, 0.6) is 5.75 Å². The highest BCUT2D eigenvalue weighted by Gasteiger charge is 2.16. The minimum atomic E-state index is -1.63. The summed E-state index contributed by atoms with van der Waals surface area (Å²) < 4.78 is 4.98. The van der Waals surface area contributed by atoms with Crippen molar-refractivity contribution < 1.29 is 29.3 Å². The molecule has 0 radical (unpaired) electrons. The van der Waals surface area contributed by atoms with Crippen LogP contribution in [0.2, 0.25) is 0 Å². The predicted octanol–water partition coefficient (Wildman–Crippen LogP) is 1.36. The van der Waals surface area contributed by atoms with E-state index in [1.807, 2.05) is 0 Å². The zero-order valence-corrected chi connectivity index (χ0v) is 10.1. The van der Waals surface area contributed by atoms with Gasteiger partial charge in [-0.3, -0.25) is 9.59 Å². The minimum Gasteiger partial charge on any atom is -0.502 e. The second kappa shape index (κ2) is 6.34. The van der Waals surface area contributed by atoms with Gasteiger partial charge in [0.2, 0.25) is 5.76 Å². The molecule has 0 unspecified atom stereocenters. The van der Waals surface area contributed by atoms with Gasteiger partial charge in [0.1, 0.15) is 5.75 Å². The van der Waals surface area contributed by atoms with Crippen LogP contribution in [0.15, 0.2) is 36.1 Å². The summed E-state index contributed by atoms with van der Waals surface area (Å²) in [6.07, 6.45) is -0.0344. The van der Waals surface area contributed by atoms with Crippen molar-refractivity contribution in [3.05, 3.63) is 41.7 Å². The number of ether oxygens (including phenoxy) is 1. The molecule has 0 bridgehead atoms. The van der Waals surface area contributed by atoms with Crippen molar-refractivity contribution >= 4 is 17.5 Å². The number of allylic oxidation sites excluding steroid dienone is 1. The Kier molecular flexibility index (Phi) is 4.82. The van der Waals surface area contributed by atoms with Crippen molar-refractivity contribution in [1.29, 1.82) is 0 Å². The third-order valence-corrected chi connectivity index (χ3v) is 2.26. The summed E-state index contributed by atoms with van der Waals surface area (Å²) in [4.78, 5) is 33.5. The number of carbonyl (C=O) groups is 3. The lowest BCUT2D eigenvalue weighted by molar-refractivity contribution is -0.135. The summed E-state index contributed by atoms with van der Waals surface area (Å²) in [5.41, 5.74) is 0.224. The van der Waals surface area contributed by atoms with Crippen LogP contribution in [0.3, 0.4) is 0 Å². The lowest BCUT2D eigenvalue weighted by atomic mass is 10.0. The summed E-state index contributed by atoms with van der Waals surface area (Å²) in [6.45, 7) is 0. The normalized spacial score (nSPS) is 10.9. The van der Waals surface area contributed by atoms with Crippen LogP contribution >= 0.6 is 0 Å². The topological polar surface area (TPSA) is 101 Å². The smallest absolute Gasteiger partial charge is 0.371 e. The maximum atomic E-state index is 11.8. The zero-order chi connectivity index (χ0) is 14.4. The van der Waals surface area contributed by atoms with Gasteiger partial charge in [-0.05, 0) is 12.1 Å². The fourth-order valence-corrected chi connectivity index (χ4v) is 1.39. The first kappa shape index (κ1) is 14.4. The van der Waals surface area contributed by atoms with Crippen molar-refractivity contribution in [1.82, 2.24) is 0 Å². The van der Waals surface area contributed by atoms with E-state index in [2.05, 4.69) is 0 Å². The molecular formula is C13H12O6. The molecule has 6 heteroatoms. The van der Waals surface area contributed by atoms with Crippen molar-refractivity contribution in [3.8, 4) is 5.75 Å². The summed E-state index contributed by atoms with van der Waals surface area (Å²) in [5.74, 6) is -3.71. The molecule has 0 aromatic heterocycles. The number of hydrogen-bond donors (Lipinski definition) is 2. The van der Waals surface area contributed by atoms with Crippen molar-refractivity contribution in [2.24, 2.45) is 0 Å². The number of benzene rings is 1. The predicted molar refractivity (Wildman–Crippen MR) is 65.3 cm³/mol. The van der Waals surface area contributed by atoms with Crippen molar-refractivity contribution in [2.45, 2.75) is 6.42 Å². The molecule has 0 atom stereocenters. The van der Waals surface area contributed by atoms with Crippen LogP contribution in [-0.2, 0) is 9.59 Å². The first-order valence-electron chi connectivity index (χ1n) is 5.28. The molecule has 0 aliphatic rings. The van der Waals surface area contributed by atoms with Crippen LogP contribution in [-0.4, -0.2) is 34.9 Å². The van der Waals surface area contributed by atoms with E-state index in [1.165, 1.54) is 13.2 Å². The Morgan fingerprint density at radius 1 is 1.21 bits per heavy atom. The molecule has 0 saturated carbocycles. The number of carboxylic acid groups (broad SMARTS) is 1. The van der Waals surface area contributed by atoms with Gasteiger partial charge in [0.25, 0.3) is 0 Å². The molecule has 0 heterocycles. The van der Waals surface area contributed by atoms with Gasteiger partial charge in [0.15, 0.2) is 11.6 Å². The monoisotopic (exact) mass is 264 g/mol. The van der Waals surface area contributed by atoms with Crippen molar-refractivity contribution in [2.75, 3.05) is 7.11 Å². The molecule has 1 aromatic rings. The zero-order valence-electron chi connectivity index (χ0n) is 10.1. The third-order valence-electron chi connectivity index (χ3n) is 2.26. The molecule has 19 heavy (non-hydrogen) atoms. The van der Waals surface area contributed by atoms with Crippen LogP contribution in [0.4, 0.5) is 0 Å². The Labute approximate surface area is 108 Å². The summed E-state index contributed by atoms with van der Waals surface area (Å²) in [5, 5.41) is 17.3. The summed E-state index contributed by atoms with van der Waals surface area (Å²) in [6, 6.07) is 6.36. The molecule has 0 spiro atoms. The van der Waals surface area contributed by atoms with E-state index in [-0.39, 0.29) is 5.56 Å². The number of Topliss-reactive ketones (excluding diaryl/α,β-unsaturated/α-hetero) is 1. The highest BCUT2D eigenvalue weighted by molar-refractivity contribution is 6.13. The molecule has 0 aliphatic heterocycles. The van der Waals surface area contributed by atoms with E-state index in [4.69, 9.17) is 14.9 Å². The van der Waals surface area contributed by atoms with Gasteiger partial charge in [0.05, 0.1) is 19.1 Å². The Morgan fingerprint density at radius 3 is 2.42 bits per heavy atom. The fraction of sp³-hybridized carbons (Fsp3) is 0.154. The van der Waals surface area contributed by atoms with Crippen LogP contribution in [0.25, 0.3) is 0 Å².